The van der Waals surface area contributed by atoms with Crippen LogP contribution in [0.25, 0.3) is 0 Å². The molecule has 1 unspecified atom stereocenters. The molecule has 0 saturated heterocycles. The Bertz CT molecular complexity index is 477. The van der Waals surface area contributed by atoms with Crippen LogP contribution >= 0.6 is 11.6 Å². The van der Waals surface area contributed by atoms with Gasteiger partial charge >= 0.3 is 6.18 Å². The van der Waals surface area contributed by atoms with Crippen molar-refractivity contribution >= 4 is 23.2 Å². The molecule has 1 atom stereocenters. The molecule has 7 heteroatoms. The van der Waals surface area contributed by atoms with Crippen LogP contribution in [0.3, 0.4) is 0 Å². The van der Waals surface area contributed by atoms with Gasteiger partial charge in [-0.1, -0.05) is 24.6 Å². The normalized spacial score (nSPS) is 12.9. The molecule has 0 bridgehead atoms. The lowest BCUT2D eigenvalue weighted by atomic mass is 10.1. The Kier molecular flexibility index (Phi) is 5.68. The first-order valence-electron chi connectivity index (χ1n) is 6.17. The van der Waals surface area contributed by atoms with Gasteiger partial charge in [-0.05, 0) is 25.5 Å². The minimum Gasteiger partial charge on any atom is -0.372 e. The quantitative estimate of drug-likeness (QED) is 0.871. The fraction of sp³-hybridized carbons (Fsp3) is 0.462. The summed E-state index contributed by atoms with van der Waals surface area (Å²) in [5, 5.41) is 5.06. The largest absolute Gasteiger partial charge is 0.418 e. The van der Waals surface area contributed by atoms with Gasteiger partial charge in [0.05, 0.1) is 16.3 Å². The highest BCUT2D eigenvalue weighted by Crippen LogP contribution is 2.38. The number of halogens is 4. The molecule has 0 aliphatic rings. The first kappa shape index (κ1) is 16.6. The number of anilines is 1. The number of carbonyl (C=O) groups excluding carboxylic acids is 1. The molecule has 1 aromatic carbocycles. The fourth-order valence-electron chi connectivity index (χ4n) is 1.59. The van der Waals surface area contributed by atoms with Crippen molar-refractivity contribution in [3.05, 3.63) is 28.8 Å². The van der Waals surface area contributed by atoms with Gasteiger partial charge in [-0.3, -0.25) is 4.79 Å². The molecule has 0 fully saturated rings. The molecule has 0 heterocycles. The summed E-state index contributed by atoms with van der Waals surface area (Å²) in [5.74, 6) is -0.375. The van der Waals surface area contributed by atoms with Gasteiger partial charge in [0.15, 0.2) is 0 Å². The summed E-state index contributed by atoms with van der Waals surface area (Å²) in [6.45, 7) is 3.84. The van der Waals surface area contributed by atoms with Crippen molar-refractivity contribution < 1.29 is 18.0 Å². The summed E-state index contributed by atoms with van der Waals surface area (Å²) in [6.07, 6.45) is -3.79. The molecule has 1 amide bonds. The summed E-state index contributed by atoms with van der Waals surface area (Å²) >= 11 is 5.79. The van der Waals surface area contributed by atoms with Crippen LogP contribution in [0, 0.1) is 0 Å². The van der Waals surface area contributed by atoms with E-state index in [0.717, 1.165) is 12.5 Å². The maximum absolute atomic E-state index is 12.9. The Hall–Kier alpha value is -1.43. The van der Waals surface area contributed by atoms with E-state index in [2.05, 4.69) is 10.6 Å². The molecule has 20 heavy (non-hydrogen) atoms. The Morgan fingerprint density at radius 2 is 2.05 bits per heavy atom. The molecule has 112 valence electrons. The van der Waals surface area contributed by atoms with Crippen molar-refractivity contribution in [1.29, 1.82) is 0 Å². The van der Waals surface area contributed by atoms with Gasteiger partial charge in [0.2, 0.25) is 5.91 Å². The molecule has 2 N–H and O–H groups in total. The van der Waals surface area contributed by atoms with Crippen molar-refractivity contribution in [3.8, 4) is 0 Å². The van der Waals surface area contributed by atoms with Crippen molar-refractivity contribution in [1.82, 2.24) is 5.32 Å². The average Bonchev–Trinajstić information content (AvgIpc) is 2.36. The van der Waals surface area contributed by atoms with E-state index in [1.165, 1.54) is 19.1 Å². The number of amides is 1. The molecule has 1 rings (SSSR count). The van der Waals surface area contributed by atoms with Crippen LogP contribution < -0.4 is 10.6 Å². The van der Waals surface area contributed by atoms with E-state index in [0.29, 0.717) is 6.54 Å². The predicted octanol–water partition coefficient (Wildman–Crippen LogP) is 3.69. The van der Waals surface area contributed by atoms with Crippen molar-refractivity contribution in [3.63, 3.8) is 0 Å². The van der Waals surface area contributed by atoms with Crippen LogP contribution in [0.15, 0.2) is 18.2 Å². The number of hydrogen-bond acceptors (Lipinski definition) is 2. The molecule has 0 radical (unpaired) electrons. The Morgan fingerprint density at radius 1 is 1.40 bits per heavy atom. The molecule has 1 aromatic rings. The third-order valence-electron chi connectivity index (χ3n) is 2.62. The minimum absolute atomic E-state index is 0.0741. The van der Waals surface area contributed by atoms with Crippen LogP contribution in [0.5, 0.6) is 0 Å². The van der Waals surface area contributed by atoms with Gasteiger partial charge in [0.25, 0.3) is 0 Å². The van der Waals surface area contributed by atoms with E-state index in [9.17, 15) is 18.0 Å². The Morgan fingerprint density at radius 3 is 2.60 bits per heavy atom. The van der Waals surface area contributed by atoms with Gasteiger partial charge in [-0.2, -0.15) is 13.2 Å². The number of alkyl halides is 3. The third-order valence-corrected chi connectivity index (χ3v) is 2.94. The summed E-state index contributed by atoms with van der Waals surface area (Å²) < 4.78 is 38.7. The zero-order valence-corrected chi connectivity index (χ0v) is 11.9. The number of carbonyl (C=O) groups is 1. The number of rotatable bonds is 5. The van der Waals surface area contributed by atoms with E-state index in [4.69, 9.17) is 11.6 Å². The lowest BCUT2D eigenvalue weighted by molar-refractivity contribution is -0.137. The van der Waals surface area contributed by atoms with Gasteiger partial charge in [0.1, 0.15) is 6.04 Å². The third kappa shape index (κ3) is 4.30. The second-order valence-corrected chi connectivity index (χ2v) is 4.72. The van der Waals surface area contributed by atoms with Crippen LogP contribution in [0.4, 0.5) is 18.9 Å². The predicted molar refractivity (Wildman–Crippen MR) is 72.8 cm³/mol. The summed E-state index contributed by atoms with van der Waals surface area (Å²) in [5.41, 5.74) is -1.17. The minimum atomic E-state index is -4.53. The number of benzene rings is 1. The molecular weight excluding hydrogens is 293 g/mol. The second kappa shape index (κ2) is 6.83. The number of para-hydroxylation sites is 1. The van der Waals surface area contributed by atoms with Gasteiger partial charge in [0, 0.05) is 6.54 Å². The Labute approximate surface area is 120 Å². The number of nitrogens with one attached hydrogen (secondary N) is 2. The first-order valence-corrected chi connectivity index (χ1v) is 6.55. The molecule has 3 nitrogen and oxygen atoms in total. The average molecular weight is 309 g/mol. The zero-order chi connectivity index (χ0) is 15.3. The Balaban J connectivity index is 2.94. The monoisotopic (exact) mass is 308 g/mol. The van der Waals surface area contributed by atoms with Crippen molar-refractivity contribution in [2.75, 3.05) is 11.9 Å². The summed E-state index contributed by atoms with van der Waals surface area (Å²) in [7, 11) is 0. The van der Waals surface area contributed by atoms with Crippen molar-refractivity contribution in [2.45, 2.75) is 32.5 Å². The smallest absolute Gasteiger partial charge is 0.372 e. The molecular formula is C13H16ClF3N2O. The number of hydrogen-bond donors (Lipinski definition) is 2. The van der Waals surface area contributed by atoms with E-state index in [-0.39, 0.29) is 16.6 Å². The van der Waals surface area contributed by atoms with Crippen LogP contribution in [-0.2, 0) is 11.0 Å². The SMILES string of the molecule is CCCNC(=O)C(C)Nc1c(Cl)cccc1C(F)(F)F. The van der Waals surface area contributed by atoms with Crippen LogP contribution in [-0.4, -0.2) is 18.5 Å². The van der Waals surface area contributed by atoms with E-state index < -0.39 is 17.8 Å². The van der Waals surface area contributed by atoms with E-state index in [1.807, 2.05) is 6.92 Å². The molecule has 0 aliphatic heterocycles. The summed E-state index contributed by atoms with van der Waals surface area (Å²) in [4.78, 5) is 11.7. The topological polar surface area (TPSA) is 41.1 Å². The molecule has 0 aliphatic carbocycles. The fourth-order valence-corrected chi connectivity index (χ4v) is 1.82. The van der Waals surface area contributed by atoms with Crippen LogP contribution in [0.2, 0.25) is 5.02 Å². The maximum Gasteiger partial charge on any atom is 0.418 e. The highest BCUT2D eigenvalue weighted by atomic mass is 35.5. The maximum atomic E-state index is 12.9. The lowest BCUT2D eigenvalue weighted by Gasteiger charge is -2.20. The van der Waals surface area contributed by atoms with E-state index in [1.54, 1.807) is 0 Å². The highest BCUT2D eigenvalue weighted by Gasteiger charge is 2.35. The molecule has 0 aromatic heterocycles. The zero-order valence-electron chi connectivity index (χ0n) is 11.1. The standard InChI is InChI=1S/C13H16ClF3N2O/c1-3-7-18-12(20)8(2)19-11-9(13(15,16)17)5-4-6-10(11)14/h4-6,8,19H,3,7H2,1-2H3,(H,18,20). The molecule has 0 spiro atoms. The summed E-state index contributed by atoms with van der Waals surface area (Å²) in [6, 6.07) is 2.67. The van der Waals surface area contributed by atoms with Crippen LogP contribution in [0.1, 0.15) is 25.8 Å². The van der Waals surface area contributed by atoms with E-state index >= 15 is 0 Å². The van der Waals surface area contributed by atoms with Gasteiger partial charge in [-0.25, -0.2) is 0 Å². The second-order valence-electron chi connectivity index (χ2n) is 4.32. The lowest BCUT2D eigenvalue weighted by Crippen LogP contribution is -2.38. The van der Waals surface area contributed by atoms with Gasteiger partial charge < -0.3 is 10.6 Å². The first-order chi connectivity index (χ1) is 9.27. The van der Waals surface area contributed by atoms with Gasteiger partial charge in [-0.15, -0.1) is 0 Å². The molecule has 0 saturated carbocycles. The van der Waals surface area contributed by atoms with Crippen molar-refractivity contribution in [2.24, 2.45) is 0 Å². The highest BCUT2D eigenvalue weighted by molar-refractivity contribution is 6.33.